The van der Waals surface area contributed by atoms with Crippen molar-refractivity contribution >= 4 is 5.84 Å². The van der Waals surface area contributed by atoms with E-state index in [1.54, 1.807) is 0 Å². The van der Waals surface area contributed by atoms with Gasteiger partial charge in [-0.25, -0.2) is 0 Å². The highest BCUT2D eigenvalue weighted by Crippen LogP contribution is 2.30. The third kappa shape index (κ3) is 2.71. The zero-order valence-electron chi connectivity index (χ0n) is 8.34. The van der Waals surface area contributed by atoms with Crippen molar-refractivity contribution in [1.82, 2.24) is 0 Å². The van der Waals surface area contributed by atoms with Crippen LogP contribution in [0.3, 0.4) is 0 Å². The maximum Gasteiger partial charge on any atom is 0.0971 e. The van der Waals surface area contributed by atoms with Gasteiger partial charge in [0.05, 0.1) is 11.9 Å². The van der Waals surface area contributed by atoms with Crippen molar-refractivity contribution in [3.05, 3.63) is 0 Å². The summed E-state index contributed by atoms with van der Waals surface area (Å²) in [5.41, 5.74) is 5.91. The van der Waals surface area contributed by atoms with Gasteiger partial charge in [-0.05, 0) is 25.7 Å². The van der Waals surface area contributed by atoms with Gasteiger partial charge in [-0.2, -0.15) is 0 Å². The van der Waals surface area contributed by atoms with Crippen molar-refractivity contribution in [3.8, 4) is 0 Å². The summed E-state index contributed by atoms with van der Waals surface area (Å²) in [7, 11) is 0. The molecule has 0 aromatic rings. The molecule has 2 rings (SSSR count). The largest absolute Gasteiger partial charge is 0.387 e. The summed E-state index contributed by atoms with van der Waals surface area (Å²) in [6.07, 6.45) is 10.6. The highest BCUT2D eigenvalue weighted by atomic mass is 14.9. The van der Waals surface area contributed by atoms with Gasteiger partial charge in [0.15, 0.2) is 0 Å². The summed E-state index contributed by atoms with van der Waals surface area (Å²) < 4.78 is 0. The number of amidine groups is 1. The average molecular weight is 180 g/mol. The summed E-state index contributed by atoms with van der Waals surface area (Å²) in [4.78, 5) is 4.65. The first-order chi connectivity index (χ1) is 6.36. The van der Waals surface area contributed by atoms with E-state index in [0.29, 0.717) is 12.0 Å². The molecule has 0 heterocycles. The van der Waals surface area contributed by atoms with Gasteiger partial charge in [0.2, 0.25) is 0 Å². The van der Waals surface area contributed by atoms with Gasteiger partial charge < -0.3 is 5.73 Å². The number of hydrogen-bond donors (Lipinski definition) is 1. The summed E-state index contributed by atoms with van der Waals surface area (Å²) in [5.74, 6) is 1.61. The van der Waals surface area contributed by atoms with Crippen molar-refractivity contribution in [2.45, 2.75) is 57.4 Å². The number of hydrogen-bond acceptors (Lipinski definition) is 1. The molecule has 0 aliphatic heterocycles. The first-order valence-electron chi connectivity index (χ1n) is 5.69. The fourth-order valence-corrected chi connectivity index (χ4v) is 2.08. The molecule has 0 radical (unpaired) electrons. The quantitative estimate of drug-likeness (QED) is 0.396. The van der Waals surface area contributed by atoms with Crippen molar-refractivity contribution in [2.75, 3.05) is 0 Å². The van der Waals surface area contributed by atoms with Crippen LogP contribution in [0.1, 0.15) is 51.4 Å². The lowest BCUT2D eigenvalue weighted by Crippen LogP contribution is -2.18. The second-order valence-corrected chi connectivity index (χ2v) is 4.47. The second kappa shape index (κ2) is 4.12. The van der Waals surface area contributed by atoms with E-state index in [2.05, 4.69) is 4.99 Å². The lowest BCUT2D eigenvalue weighted by Gasteiger charge is -2.09. The van der Waals surface area contributed by atoms with Crippen molar-refractivity contribution in [2.24, 2.45) is 16.6 Å². The van der Waals surface area contributed by atoms with Crippen molar-refractivity contribution in [1.29, 1.82) is 0 Å². The Morgan fingerprint density at radius 3 is 2.08 bits per heavy atom. The van der Waals surface area contributed by atoms with E-state index >= 15 is 0 Å². The lowest BCUT2D eigenvalue weighted by atomic mass is 10.1. The van der Waals surface area contributed by atoms with Crippen LogP contribution in [0.2, 0.25) is 0 Å². The SMILES string of the molecule is NC(=NC1CCCCCC1)C1CC1. The zero-order chi connectivity index (χ0) is 9.10. The van der Waals surface area contributed by atoms with E-state index in [-0.39, 0.29) is 0 Å². The molecule has 2 aliphatic rings. The topological polar surface area (TPSA) is 38.4 Å². The van der Waals surface area contributed by atoms with Gasteiger partial charge >= 0.3 is 0 Å². The molecule has 0 saturated heterocycles. The Balaban J connectivity index is 1.86. The minimum absolute atomic E-state index is 0.558. The molecular formula is C11H20N2. The normalized spacial score (nSPS) is 27.2. The van der Waals surface area contributed by atoms with E-state index in [1.165, 1.54) is 51.4 Å². The van der Waals surface area contributed by atoms with Crippen LogP contribution in [-0.2, 0) is 0 Å². The summed E-state index contributed by atoms with van der Waals surface area (Å²) >= 11 is 0. The third-order valence-corrected chi connectivity index (χ3v) is 3.15. The van der Waals surface area contributed by atoms with E-state index in [4.69, 9.17) is 5.73 Å². The van der Waals surface area contributed by atoms with Gasteiger partial charge in [0.1, 0.15) is 0 Å². The first kappa shape index (κ1) is 9.04. The Hall–Kier alpha value is -0.530. The van der Waals surface area contributed by atoms with Gasteiger partial charge in [-0.1, -0.05) is 25.7 Å². The van der Waals surface area contributed by atoms with Crippen molar-refractivity contribution in [3.63, 3.8) is 0 Å². The van der Waals surface area contributed by atoms with Crippen LogP contribution in [-0.4, -0.2) is 11.9 Å². The molecule has 0 atom stereocenters. The van der Waals surface area contributed by atoms with Crippen LogP contribution in [0.15, 0.2) is 4.99 Å². The number of rotatable bonds is 2. The molecule has 2 fully saturated rings. The number of nitrogens with zero attached hydrogens (tertiary/aromatic N) is 1. The Morgan fingerprint density at radius 1 is 0.923 bits per heavy atom. The summed E-state index contributed by atoms with van der Waals surface area (Å²) in [5, 5.41) is 0. The summed E-state index contributed by atoms with van der Waals surface area (Å²) in [6, 6.07) is 0.558. The molecule has 74 valence electrons. The van der Waals surface area contributed by atoms with Crippen LogP contribution < -0.4 is 5.73 Å². The molecule has 0 spiro atoms. The molecule has 0 unspecified atom stereocenters. The van der Waals surface area contributed by atoms with E-state index in [0.717, 1.165) is 5.84 Å². The Morgan fingerprint density at radius 2 is 1.54 bits per heavy atom. The Labute approximate surface area is 80.6 Å². The standard InChI is InChI=1S/C11H20N2/c12-11(9-7-8-9)13-10-5-3-1-2-4-6-10/h9-10H,1-8H2,(H2,12,13). The van der Waals surface area contributed by atoms with E-state index in [1.807, 2.05) is 0 Å². The second-order valence-electron chi connectivity index (χ2n) is 4.47. The highest BCUT2D eigenvalue weighted by molar-refractivity contribution is 5.85. The average Bonchev–Trinajstić information content (AvgIpc) is 2.92. The number of nitrogens with two attached hydrogens (primary N) is 1. The number of aliphatic imine (C=N–C) groups is 1. The molecule has 2 nitrogen and oxygen atoms in total. The molecular weight excluding hydrogens is 160 g/mol. The Kier molecular flexibility index (Phi) is 2.87. The predicted octanol–water partition coefficient (Wildman–Crippen LogP) is 2.48. The molecule has 2 heteroatoms. The highest BCUT2D eigenvalue weighted by Gasteiger charge is 2.26. The molecule has 0 amide bonds. The van der Waals surface area contributed by atoms with Crippen LogP contribution in [0.25, 0.3) is 0 Å². The maximum absolute atomic E-state index is 5.91. The molecule has 0 aromatic heterocycles. The molecule has 0 aromatic carbocycles. The molecule has 13 heavy (non-hydrogen) atoms. The first-order valence-corrected chi connectivity index (χ1v) is 5.69. The molecule has 2 N–H and O–H groups in total. The lowest BCUT2D eigenvalue weighted by molar-refractivity contribution is 0.583. The monoisotopic (exact) mass is 180 g/mol. The smallest absolute Gasteiger partial charge is 0.0971 e. The minimum atomic E-state index is 0.558. The fraction of sp³-hybridized carbons (Fsp3) is 0.909. The molecule has 0 bridgehead atoms. The third-order valence-electron chi connectivity index (χ3n) is 3.15. The van der Waals surface area contributed by atoms with E-state index in [9.17, 15) is 0 Å². The van der Waals surface area contributed by atoms with Crippen molar-refractivity contribution < 1.29 is 0 Å². The molecule has 2 aliphatic carbocycles. The fourth-order valence-electron chi connectivity index (χ4n) is 2.08. The predicted molar refractivity (Wildman–Crippen MR) is 55.8 cm³/mol. The van der Waals surface area contributed by atoms with Crippen LogP contribution in [0.5, 0.6) is 0 Å². The van der Waals surface area contributed by atoms with Gasteiger partial charge in [-0.15, -0.1) is 0 Å². The summed E-state index contributed by atoms with van der Waals surface area (Å²) in [6.45, 7) is 0. The van der Waals surface area contributed by atoms with Gasteiger partial charge in [0.25, 0.3) is 0 Å². The maximum atomic E-state index is 5.91. The molecule has 2 saturated carbocycles. The Bertz CT molecular complexity index is 186. The van der Waals surface area contributed by atoms with Gasteiger partial charge in [0, 0.05) is 5.92 Å². The van der Waals surface area contributed by atoms with E-state index < -0.39 is 0 Å². The van der Waals surface area contributed by atoms with Crippen LogP contribution in [0.4, 0.5) is 0 Å². The minimum Gasteiger partial charge on any atom is -0.387 e. The van der Waals surface area contributed by atoms with Gasteiger partial charge in [-0.3, -0.25) is 4.99 Å². The van der Waals surface area contributed by atoms with Crippen LogP contribution in [0, 0.1) is 5.92 Å². The zero-order valence-corrected chi connectivity index (χ0v) is 8.34. The van der Waals surface area contributed by atoms with Crippen LogP contribution >= 0.6 is 0 Å².